The van der Waals surface area contributed by atoms with E-state index in [9.17, 15) is 4.79 Å². The van der Waals surface area contributed by atoms with Gasteiger partial charge in [0.2, 0.25) is 5.95 Å². The average molecular weight is 365 g/mol. The predicted molar refractivity (Wildman–Crippen MR) is 101 cm³/mol. The largest absolute Gasteiger partial charge is 0.351 e. The molecule has 0 bridgehead atoms. The molecule has 2 unspecified atom stereocenters. The molecular formula is C19H19N5OS. The van der Waals surface area contributed by atoms with E-state index in [1.54, 1.807) is 18.6 Å². The van der Waals surface area contributed by atoms with Crippen LogP contribution < -0.4 is 10.2 Å². The van der Waals surface area contributed by atoms with Crippen molar-refractivity contribution in [2.45, 2.75) is 6.42 Å². The van der Waals surface area contributed by atoms with Gasteiger partial charge in [0.15, 0.2) is 0 Å². The standard InChI is InChI=1S/C19H19N5OS/c25-18(16-8-12-2-6-20-9-17(12)26-16)21-7-3-13-14-10-24(11-15(13)14)19-22-4-1-5-23-19/h1-2,4-6,8-9,13-15H,3,7,10-11H2,(H,21,25). The van der Waals surface area contributed by atoms with Gasteiger partial charge in [0.1, 0.15) is 0 Å². The molecule has 2 aliphatic rings. The molecule has 1 amide bonds. The fraction of sp³-hybridized carbons (Fsp3) is 0.368. The quantitative estimate of drug-likeness (QED) is 0.752. The van der Waals surface area contributed by atoms with Crippen LogP contribution in [0.25, 0.3) is 10.1 Å². The molecule has 3 aromatic rings. The normalized spacial score (nSPS) is 23.8. The van der Waals surface area contributed by atoms with Crippen LogP contribution in [-0.2, 0) is 0 Å². The van der Waals surface area contributed by atoms with Gasteiger partial charge in [-0.3, -0.25) is 9.78 Å². The van der Waals surface area contributed by atoms with Gasteiger partial charge in [-0.1, -0.05) is 0 Å². The topological polar surface area (TPSA) is 71.0 Å². The van der Waals surface area contributed by atoms with Crippen LogP contribution in [-0.4, -0.2) is 40.5 Å². The van der Waals surface area contributed by atoms with Crippen LogP contribution >= 0.6 is 11.3 Å². The van der Waals surface area contributed by atoms with E-state index in [-0.39, 0.29) is 5.91 Å². The molecule has 2 fully saturated rings. The fourth-order valence-corrected chi connectivity index (χ4v) is 5.08. The molecule has 7 heteroatoms. The molecule has 1 saturated heterocycles. The number of rotatable bonds is 5. The summed E-state index contributed by atoms with van der Waals surface area (Å²) in [6.45, 7) is 2.82. The number of anilines is 1. The number of fused-ring (bicyclic) bond motifs is 2. The third-order valence-electron chi connectivity index (χ3n) is 5.52. The van der Waals surface area contributed by atoms with Gasteiger partial charge in [0, 0.05) is 44.4 Å². The van der Waals surface area contributed by atoms with E-state index in [0.29, 0.717) is 0 Å². The van der Waals surface area contributed by atoms with Gasteiger partial charge in [-0.25, -0.2) is 9.97 Å². The molecule has 3 aromatic heterocycles. The summed E-state index contributed by atoms with van der Waals surface area (Å²) in [6.07, 6.45) is 8.21. The number of nitrogens with one attached hydrogen (secondary N) is 1. The first kappa shape index (κ1) is 15.7. The average Bonchev–Trinajstić information content (AvgIpc) is 3.07. The highest BCUT2D eigenvalue weighted by molar-refractivity contribution is 7.20. The van der Waals surface area contributed by atoms with Crippen molar-refractivity contribution in [3.8, 4) is 0 Å². The van der Waals surface area contributed by atoms with Crippen LogP contribution in [0.5, 0.6) is 0 Å². The van der Waals surface area contributed by atoms with Crippen molar-refractivity contribution in [1.82, 2.24) is 20.3 Å². The molecule has 1 saturated carbocycles. The second kappa shape index (κ2) is 6.32. The molecule has 1 N–H and O–H groups in total. The minimum absolute atomic E-state index is 0.0244. The first-order valence-corrected chi connectivity index (χ1v) is 9.75. The number of piperidine rings is 1. The molecule has 2 atom stereocenters. The molecule has 0 aromatic carbocycles. The summed E-state index contributed by atoms with van der Waals surface area (Å²) in [5.74, 6) is 3.04. The van der Waals surface area contributed by atoms with Gasteiger partial charge in [-0.05, 0) is 47.8 Å². The van der Waals surface area contributed by atoms with Gasteiger partial charge in [0.05, 0.1) is 9.58 Å². The highest BCUT2D eigenvalue weighted by Gasteiger charge is 2.55. The van der Waals surface area contributed by atoms with Gasteiger partial charge in [-0.15, -0.1) is 11.3 Å². The molecule has 26 heavy (non-hydrogen) atoms. The van der Waals surface area contributed by atoms with Crippen molar-refractivity contribution < 1.29 is 4.79 Å². The lowest BCUT2D eigenvalue weighted by Crippen LogP contribution is -2.28. The van der Waals surface area contributed by atoms with Gasteiger partial charge in [-0.2, -0.15) is 0 Å². The molecule has 1 aliphatic heterocycles. The third-order valence-corrected chi connectivity index (χ3v) is 6.60. The van der Waals surface area contributed by atoms with Crippen LogP contribution in [0, 0.1) is 17.8 Å². The van der Waals surface area contributed by atoms with Crippen molar-refractivity contribution in [1.29, 1.82) is 0 Å². The van der Waals surface area contributed by atoms with E-state index in [1.165, 1.54) is 11.3 Å². The predicted octanol–water partition coefficient (Wildman–Crippen LogP) is 2.59. The molecule has 5 rings (SSSR count). The van der Waals surface area contributed by atoms with Crippen LogP contribution in [0.3, 0.4) is 0 Å². The zero-order valence-corrected chi connectivity index (χ0v) is 15.0. The lowest BCUT2D eigenvalue weighted by molar-refractivity contribution is 0.0956. The number of carbonyl (C=O) groups excluding carboxylic acids is 1. The van der Waals surface area contributed by atoms with Crippen molar-refractivity contribution in [2.24, 2.45) is 17.8 Å². The fourth-order valence-electron chi connectivity index (χ4n) is 4.13. The maximum absolute atomic E-state index is 12.4. The van der Waals surface area contributed by atoms with E-state index in [2.05, 4.69) is 25.2 Å². The summed E-state index contributed by atoms with van der Waals surface area (Å²) >= 11 is 1.50. The number of carbonyl (C=O) groups is 1. The van der Waals surface area contributed by atoms with E-state index in [1.807, 2.05) is 24.4 Å². The number of amides is 1. The van der Waals surface area contributed by atoms with Crippen molar-refractivity contribution in [2.75, 3.05) is 24.5 Å². The summed E-state index contributed by atoms with van der Waals surface area (Å²) < 4.78 is 1.05. The summed E-state index contributed by atoms with van der Waals surface area (Å²) in [5.41, 5.74) is 0. The van der Waals surface area contributed by atoms with Crippen LogP contribution in [0.4, 0.5) is 5.95 Å². The molecular weight excluding hydrogens is 346 g/mol. The highest BCUT2D eigenvalue weighted by Crippen LogP contribution is 2.53. The lowest BCUT2D eigenvalue weighted by atomic mass is 10.2. The number of aromatic nitrogens is 3. The molecule has 6 nitrogen and oxygen atoms in total. The number of nitrogens with zero attached hydrogens (tertiary/aromatic N) is 4. The first-order chi connectivity index (χ1) is 12.8. The Morgan fingerprint density at radius 1 is 1.23 bits per heavy atom. The minimum atomic E-state index is 0.0244. The highest BCUT2D eigenvalue weighted by atomic mass is 32.1. The Kier molecular flexibility index (Phi) is 3.81. The van der Waals surface area contributed by atoms with Crippen molar-refractivity contribution in [3.05, 3.63) is 47.9 Å². The summed E-state index contributed by atoms with van der Waals surface area (Å²) in [6, 6.07) is 5.73. The molecule has 0 spiro atoms. The van der Waals surface area contributed by atoms with Gasteiger partial charge in [0.25, 0.3) is 5.91 Å². The Hall–Kier alpha value is -2.54. The summed E-state index contributed by atoms with van der Waals surface area (Å²) in [7, 11) is 0. The van der Waals surface area contributed by atoms with Crippen LogP contribution in [0.15, 0.2) is 43.0 Å². The zero-order chi connectivity index (χ0) is 17.5. The van der Waals surface area contributed by atoms with Gasteiger partial charge < -0.3 is 10.2 Å². The maximum atomic E-state index is 12.4. The Bertz CT molecular complexity index is 898. The minimum Gasteiger partial charge on any atom is -0.351 e. The molecule has 1 aliphatic carbocycles. The molecule has 0 radical (unpaired) electrons. The molecule has 4 heterocycles. The Morgan fingerprint density at radius 3 is 2.81 bits per heavy atom. The number of pyridine rings is 1. The van der Waals surface area contributed by atoms with Crippen molar-refractivity contribution in [3.63, 3.8) is 0 Å². The van der Waals surface area contributed by atoms with Crippen LogP contribution in [0.1, 0.15) is 16.1 Å². The Balaban J connectivity index is 1.11. The summed E-state index contributed by atoms with van der Waals surface area (Å²) in [4.78, 5) is 28.2. The van der Waals surface area contributed by atoms with Gasteiger partial charge >= 0.3 is 0 Å². The van der Waals surface area contributed by atoms with E-state index >= 15 is 0 Å². The van der Waals surface area contributed by atoms with E-state index < -0.39 is 0 Å². The lowest BCUT2D eigenvalue weighted by Gasteiger charge is -2.19. The second-order valence-electron chi connectivity index (χ2n) is 7.01. The molecule has 132 valence electrons. The van der Waals surface area contributed by atoms with E-state index in [0.717, 1.165) is 64.7 Å². The number of hydrogen-bond donors (Lipinski definition) is 1. The maximum Gasteiger partial charge on any atom is 0.261 e. The van der Waals surface area contributed by atoms with Crippen LogP contribution in [0.2, 0.25) is 0 Å². The number of hydrogen-bond acceptors (Lipinski definition) is 6. The third kappa shape index (κ3) is 2.82. The Morgan fingerprint density at radius 2 is 2.04 bits per heavy atom. The summed E-state index contributed by atoms with van der Waals surface area (Å²) in [5, 5.41) is 4.16. The monoisotopic (exact) mass is 365 g/mol. The SMILES string of the molecule is O=C(NCCC1C2CN(c3ncccn3)CC12)c1cc2ccncc2s1. The zero-order valence-electron chi connectivity index (χ0n) is 14.2. The van der Waals surface area contributed by atoms with Crippen molar-refractivity contribution >= 4 is 33.3 Å². The van der Waals surface area contributed by atoms with E-state index in [4.69, 9.17) is 0 Å². The Labute approximate surface area is 155 Å². The smallest absolute Gasteiger partial charge is 0.261 e. The number of thiophene rings is 1. The first-order valence-electron chi connectivity index (χ1n) is 8.93. The second-order valence-corrected chi connectivity index (χ2v) is 8.10.